The Morgan fingerprint density at radius 3 is 2.39 bits per heavy atom. The first kappa shape index (κ1) is 16.5. The summed E-state index contributed by atoms with van der Waals surface area (Å²) in [6.45, 7) is 2.16. The molecule has 1 atom stereocenters. The van der Waals surface area contributed by atoms with Gasteiger partial charge in [-0.3, -0.25) is 4.79 Å². The van der Waals surface area contributed by atoms with E-state index in [9.17, 15) is 9.59 Å². The highest BCUT2D eigenvalue weighted by Crippen LogP contribution is 2.07. The van der Waals surface area contributed by atoms with Crippen molar-refractivity contribution in [2.24, 2.45) is 0 Å². The highest BCUT2D eigenvalue weighted by Gasteiger charge is 2.17. The zero-order chi connectivity index (χ0) is 13.8. The van der Waals surface area contributed by atoms with Gasteiger partial charge in [0.05, 0.1) is 0 Å². The van der Waals surface area contributed by atoms with Crippen LogP contribution in [0.2, 0.25) is 0 Å². The van der Waals surface area contributed by atoms with Gasteiger partial charge in [0.15, 0.2) is 0 Å². The molecule has 0 fully saturated rings. The van der Waals surface area contributed by atoms with Crippen molar-refractivity contribution in [2.75, 3.05) is 0 Å². The largest absolute Gasteiger partial charge is 0.480 e. The van der Waals surface area contributed by atoms with Gasteiger partial charge in [0.1, 0.15) is 6.04 Å². The molecule has 1 amide bonds. The smallest absolute Gasteiger partial charge is 0.327 e. The highest BCUT2D eigenvalue weighted by molar-refractivity contribution is 5.83. The monoisotopic (exact) mass is 253 g/mol. The van der Waals surface area contributed by atoms with Gasteiger partial charge in [-0.25, -0.2) is 4.79 Å². The van der Waals surface area contributed by atoms with Crippen LogP contribution in [0.15, 0.2) is 0 Å². The van der Waals surface area contributed by atoms with Gasteiger partial charge >= 0.3 is 5.97 Å². The lowest BCUT2D eigenvalue weighted by Crippen LogP contribution is -2.40. The van der Waals surface area contributed by atoms with Crippen LogP contribution < -0.4 is 5.32 Å². The molecule has 0 spiro atoms. The molecule has 0 aliphatic heterocycles. The molecule has 0 rings (SSSR count). The number of amides is 1. The molecule has 4 heteroatoms. The standard InChI is InChI=1S/C14H23NO3/c1-3-5-6-7-8-9-11-13(16)15-12(10-4-2)14(17)18/h2,12H,3,5-11H2,1H3,(H,15,16)(H,17,18). The van der Waals surface area contributed by atoms with Gasteiger partial charge in [-0.05, 0) is 6.42 Å². The number of carbonyl (C=O) groups excluding carboxylic acids is 1. The SMILES string of the molecule is C#CCC(NC(=O)CCCCCCCC)C(=O)O. The van der Waals surface area contributed by atoms with Crippen molar-refractivity contribution in [1.82, 2.24) is 5.32 Å². The molecule has 0 saturated carbocycles. The summed E-state index contributed by atoms with van der Waals surface area (Å²) in [6, 6.07) is -0.956. The Morgan fingerprint density at radius 2 is 1.83 bits per heavy atom. The van der Waals surface area contributed by atoms with Crippen molar-refractivity contribution in [1.29, 1.82) is 0 Å². The summed E-state index contributed by atoms with van der Waals surface area (Å²) in [4.78, 5) is 22.2. The Balaban J connectivity index is 3.69. The number of nitrogens with one attached hydrogen (secondary N) is 1. The van der Waals surface area contributed by atoms with Crippen LogP contribution in [-0.2, 0) is 9.59 Å². The van der Waals surface area contributed by atoms with Crippen molar-refractivity contribution in [2.45, 2.75) is 64.3 Å². The predicted octanol–water partition coefficient (Wildman–Crippen LogP) is 2.33. The van der Waals surface area contributed by atoms with Gasteiger partial charge in [0.25, 0.3) is 0 Å². The number of aliphatic carboxylic acids is 1. The van der Waals surface area contributed by atoms with E-state index >= 15 is 0 Å². The van der Waals surface area contributed by atoms with E-state index in [0.29, 0.717) is 6.42 Å². The van der Waals surface area contributed by atoms with E-state index in [1.807, 2.05) is 0 Å². The van der Waals surface area contributed by atoms with Crippen LogP contribution in [0.1, 0.15) is 58.3 Å². The third-order valence-corrected chi connectivity index (χ3v) is 2.71. The third-order valence-electron chi connectivity index (χ3n) is 2.71. The van der Waals surface area contributed by atoms with E-state index in [1.54, 1.807) is 0 Å². The maximum absolute atomic E-state index is 11.5. The molecule has 2 N–H and O–H groups in total. The van der Waals surface area contributed by atoms with E-state index < -0.39 is 12.0 Å². The van der Waals surface area contributed by atoms with Crippen molar-refractivity contribution >= 4 is 11.9 Å². The highest BCUT2D eigenvalue weighted by atomic mass is 16.4. The van der Waals surface area contributed by atoms with Crippen molar-refractivity contribution in [3.8, 4) is 12.3 Å². The summed E-state index contributed by atoms with van der Waals surface area (Å²) in [5.41, 5.74) is 0. The molecular formula is C14H23NO3. The molecule has 0 aliphatic rings. The average Bonchev–Trinajstić information content (AvgIpc) is 2.33. The van der Waals surface area contributed by atoms with Gasteiger partial charge in [-0.1, -0.05) is 39.0 Å². The second-order valence-electron chi connectivity index (χ2n) is 4.38. The maximum atomic E-state index is 11.5. The number of terminal acetylenes is 1. The summed E-state index contributed by atoms with van der Waals surface area (Å²) in [5, 5.41) is 11.3. The number of hydrogen-bond acceptors (Lipinski definition) is 2. The molecule has 102 valence electrons. The zero-order valence-corrected chi connectivity index (χ0v) is 11.1. The Bertz CT molecular complexity index is 294. The Labute approximate surface area is 109 Å². The second kappa shape index (κ2) is 10.6. The van der Waals surface area contributed by atoms with E-state index in [4.69, 9.17) is 11.5 Å². The van der Waals surface area contributed by atoms with Crippen molar-refractivity contribution < 1.29 is 14.7 Å². The van der Waals surface area contributed by atoms with Gasteiger partial charge in [0, 0.05) is 12.8 Å². The molecule has 18 heavy (non-hydrogen) atoms. The number of carboxylic acids is 1. The first-order chi connectivity index (χ1) is 8.61. The van der Waals surface area contributed by atoms with Gasteiger partial charge in [-0.15, -0.1) is 12.3 Å². The van der Waals surface area contributed by atoms with Crippen LogP contribution in [0, 0.1) is 12.3 Å². The number of carbonyl (C=O) groups is 2. The minimum Gasteiger partial charge on any atom is -0.480 e. The van der Waals surface area contributed by atoms with Crippen LogP contribution in [0.5, 0.6) is 0 Å². The first-order valence-corrected chi connectivity index (χ1v) is 6.57. The molecule has 0 heterocycles. The van der Waals surface area contributed by atoms with Crippen LogP contribution in [0.25, 0.3) is 0 Å². The molecule has 0 aromatic rings. The van der Waals surface area contributed by atoms with Crippen LogP contribution in [0.3, 0.4) is 0 Å². The van der Waals surface area contributed by atoms with Crippen molar-refractivity contribution in [3.63, 3.8) is 0 Å². The molecule has 0 saturated heterocycles. The van der Waals surface area contributed by atoms with Crippen molar-refractivity contribution in [3.05, 3.63) is 0 Å². The Kier molecular flexibility index (Phi) is 9.75. The van der Waals surface area contributed by atoms with E-state index in [2.05, 4.69) is 18.2 Å². The molecule has 0 aromatic heterocycles. The summed E-state index contributed by atoms with van der Waals surface area (Å²) in [5.74, 6) is 0.941. The van der Waals surface area contributed by atoms with E-state index in [0.717, 1.165) is 19.3 Å². The van der Waals surface area contributed by atoms with Gasteiger partial charge in [-0.2, -0.15) is 0 Å². The summed E-state index contributed by atoms with van der Waals surface area (Å²) in [7, 11) is 0. The fourth-order valence-electron chi connectivity index (χ4n) is 1.65. The molecule has 0 aliphatic carbocycles. The predicted molar refractivity (Wildman–Crippen MR) is 71.0 cm³/mol. The van der Waals surface area contributed by atoms with Gasteiger partial charge < -0.3 is 10.4 Å². The van der Waals surface area contributed by atoms with Crippen LogP contribution in [0.4, 0.5) is 0 Å². The molecule has 4 nitrogen and oxygen atoms in total. The third kappa shape index (κ3) is 8.63. The Morgan fingerprint density at radius 1 is 1.22 bits per heavy atom. The average molecular weight is 253 g/mol. The molecule has 0 bridgehead atoms. The second-order valence-corrected chi connectivity index (χ2v) is 4.38. The summed E-state index contributed by atoms with van der Waals surface area (Å²) < 4.78 is 0. The summed E-state index contributed by atoms with van der Waals surface area (Å²) in [6.07, 6.45) is 12.0. The first-order valence-electron chi connectivity index (χ1n) is 6.57. The van der Waals surface area contributed by atoms with Gasteiger partial charge in [0.2, 0.25) is 5.91 Å². The minimum atomic E-state index is -1.08. The minimum absolute atomic E-state index is 0.0254. The normalized spacial score (nSPS) is 11.6. The molecular weight excluding hydrogens is 230 g/mol. The number of carboxylic acid groups (broad SMARTS) is 1. The zero-order valence-electron chi connectivity index (χ0n) is 11.1. The summed E-state index contributed by atoms with van der Waals surface area (Å²) >= 11 is 0. The quantitative estimate of drug-likeness (QED) is 0.464. The lowest BCUT2D eigenvalue weighted by Gasteiger charge is -2.11. The lowest BCUT2D eigenvalue weighted by molar-refractivity contribution is -0.141. The Hall–Kier alpha value is -1.50. The fourth-order valence-corrected chi connectivity index (χ4v) is 1.65. The topological polar surface area (TPSA) is 66.4 Å². The van der Waals surface area contributed by atoms with Crippen LogP contribution >= 0.6 is 0 Å². The molecule has 0 radical (unpaired) electrons. The maximum Gasteiger partial charge on any atom is 0.327 e. The van der Waals surface area contributed by atoms with E-state index in [-0.39, 0.29) is 12.3 Å². The fraction of sp³-hybridized carbons (Fsp3) is 0.714. The molecule has 1 unspecified atom stereocenters. The number of hydrogen-bond donors (Lipinski definition) is 2. The number of rotatable bonds is 10. The lowest BCUT2D eigenvalue weighted by atomic mass is 10.1. The van der Waals surface area contributed by atoms with Crippen LogP contribution in [-0.4, -0.2) is 23.0 Å². The molecule has 0 aromatic carbocycles. The van der Waals surface area contributed by atoms with E-state index in [1.165, 1.54) is 19.3 Å². The number of unbranched alkanes of at least 4 members (excludes halogenated alkanes) is 5.